The molecule has 0 unspecified atom stereocenters. The van der Waals surface area contributed by atoms with Crippen molar-refractivity contribution in [3.63, 3.8) is 0 Å². The van der Waals surface area contributed by atoms with Gasteiger partial charge in [-0.2, -0.15) is 0 Å². The fraction of sp³-hybridized carbons (Fsp3) is 0.360. The van der Waals surface area contributed by atoms with Crippen molar-refractivity contribution in [3.8, 4) is 5.75 Å². The maximum atomic E-state index is 12.2. The largest absolute Gasteiger partial charge is 0.493 e. The lowest BCUT2D eigenvalue weighted by atomic mass is 9.86. The molecule has 0 spiro atoms. The average molecular weight is 407 g/mol. The van der Waals surface area contributed by atoms with Gasteiger partial charge in [0.2, 0.25) is 0 Å². The third kappa shape index (κ3) is 5.09. The molecule has 5 heteroatoms. The second-order valence-corrected chi connectivity index (χ2v) is 7.61. The van der Waals surface area contributed by atoms with Gasteiger partial charge < -0.3 is 14.4 Å². The van der Waals surface area contributed by atoms with Gasteiger partial charge in [0.1, 0.15) is 11.3 Å². The number of hydrogen-bond acceptors (Lipinski definition) is 3. The molecule has 3 aromatic rings. The van der Waals surface area contributed by atoms with Crippen LogP contribution < -0.4 is 4.74 Å². The summed E-state index contributed by atoms with van der Waals surface area (Å²) in [6.45, 7) is 4.68. The Morgan fingerprint density at radius 2 is 1.77 bits per heavy atom. The molecule has 3 rings (SSSR count). The van der Waals surface area contributed by atoms with Crippen LogP contribution in [0.25, 0.3) is 0 Å². The van der Waals surface area contributed by atoms with E-state index in [1.165, 1.54) is 5.56 Å². The third-order valence-electron chi connectivity index (χ3n) is 5.50. The monoisotopic (exact) mass is 406 g/mol. The Balaban J connectivity index is 1.63. The average Bonchev–Trinajstić information content (AvgIpc) is 3.30. The number of rotatable bonds is 11. The summed E-state index contributed by atoms with van der Waals surface area (Å²) in [5.74, 6) is -0.0243. The zero-order chi connectivity index (χ0) is 21.4. The molecule has 2 aromatic heterocycles. The van der Waals surface area contributed by atoms with Gasteiger partial charge in [-0.05, 0) is 54.3 Å². The Bertz CT molecular complexity index is 918. The molecule has 0 saturated carbocycles. The summed E-state index contributed by atoms with van der Waals surface area (Å²) in [5.41, 5.74) is 2.25. The van der Waals surface area contributed by atoms with E-state index in [1.54, 1.807) is 0 Å². The Morgan fingerprint density at radius 3 is 2.33 bits per heavy atom. The highest BCUT2D eigenvalue weighted by atomic mass is 16.5. The van der Waals surface area contributed by atoms with Crippen LogP contribution in [-0.4, -0.2) is 27.2 Å². The van der Waals surface area contributed by atoms with Crippen molar-refractivity contribution in [1.82, 2.24) is 9.55 Å². The van der Waals surface area contributed by atoms with Crippen LogP contribution in [0.4, 0.5) is 0 Å². The molecule has 0 saturated heterocycles. The first kappa shape index (κ1) is 21.6. The van der Waals surface area contributed by atoms with Crippen LogP contribution >= 0.6 is 0 Å². The zero-order valence-electron chi connectivity index (χ0n) is 17.8. The summed E-state index contributed by atoms with van der Waals surface area (Å²) in [5, 5.41) is 10.0. The molecule has 1 atom stereocenters. The molecule has 5 nitrogen and oxygen atoms in total. The van der Waals surface area contributed by atoms with Gasteiger partial charge in [-0.25, -0.2) is 4.79 Å². The van der Waals surface area contributed by atoms with Crippen LogP contribution in [0.3, 0.4) is 0 Å². The number of aryl methyl sites for hydroxylation is 1. The molecule has 0 aliphatic rings. The molecule has 0 amide bonds. The minimum Gasteiger partial charge on any atom is -0.493 e. The molecule has 0 bridgehead atoms. The number of benzene rings is 1. The Hall–Kier alpha value is -3.08. The van der Waals surface area contributed by atoms with E-state index in [0.29, 0.717) is 19.4 Å². The lowest BCUT2D eigenvalue weighted by Crippen LogP contribution is -2.43. The number of aliphatic carboxylic acids is 1. The van der Waals surface area contributed by atoms with Crippen molar-refractivity contribution < 1.29 is 14.6 Å². The summed E-state index contributed by atoms with van der Waals surface area (Å²) in [7, 11) is 0. The molecule has 0 aliphatic carbocycles. The molecular formula is C25H30N2O3. The maximum Gasteiger partial charge on any atom is 0.330 e. The van der Waals surface area contributed by atoms with Gasteiger partial charge in [0.25, 0.3) is 0 Å². The van der Waals surface area contributed by atoms with E-state index < -0.39 is 11.5 Å². The number of carboxylic acid groups (broad SMARTS) is 1. The number of hydrogen-bond donors (Lipinski definition) is 1. The minimum atomic E-state index is -0.975. The molecule has 1 N–H and O–H groups in total. The number of ether oxygens (including phenoxy) is 1. The van der Waals surface area contributed by atoms with E-state index in [0.717, 1.165) is 36.3 Å². The first-order valence-electron chi connectivity index (χ1n) is 10.6. The van der Waals surface area contributed by atoms with Crippen molar-refractivity contribution in [2.75, 3.05) is 6.61 Å². The van der Waals surface area contributed by atoms with E-state index >= 15 is 0 Å². The van der Waals surface area contributed by atoms with Crippen molar-refractivity contribution in [1.29, 1.82) is 0 Å². The van der Waals surface area contributed by atoms with Gasteiger partial charge in [-0.15, -0.1) is 0 Å². The van der Waals surface area contributed by atoms with Crippen molar-refractivity contribution in [3.05, 3.63) is 83.9 Å². The van der Waals surface area contributed by atoms with Gasteiger partial charge in [-0.1, -0.05) is 38.5 Å². The van der Waals surface area contributed by atoms with Gasteiger partial charge in [0.05, 0.1) is 6.61 Å². The Morgan fingerprint density at radius 1 is 1.07 bits per heavy atom. The number of nitrogens with zero attached hydrogens (tertiary/aromatic N) is 2. The highest BCUT2D eigenvalue weighted by molar-refractivity contribution is 5.77. The van der Waals surface area contributed by atoms with Crippen LogP contribution in [0.15, 0.2) is 67.1 Å². The second kappa shape index (κ2) is 10.1. The van der Waals surface area contributed by atoms with Gasteiger partial charge >= 0.3 is 5.97 Å². The lowest BCUT2D eigenvalue weighted by molar-refractivity contribution is -0.148. The fourth-order valence-corrected chi connectivity index (χ4v) is 3.76. The maximum absolute atomic E-state index is 12.2. The predicted molar refractivity (Wildman–Crippen MR) is 118 cm³/mol. The number of aromatic nitrogens is 2. The topological polar surface area (TPSA) is 64.3 Å². The number of carbonyl (C=O) groups is 1. The molecule has 0 fully saturated rings. The molecule has 30 heavy (non-hydrogen) atoms. The van der Waals surface area contributed by atoms with Crippen LogP contribution in [0.5, 0.6) is 5.75 Å². The zero-order valence-corrected chi connectivity index (χ0v) is 17.8. The normalized spacial score (nSPS) is 13.0. The summed E-state index contributed by atoms with van der Waals surface area (Å²) in [4.78, 5) is 16.7. The number of pyridine rings is 1. The predicted octanol–water partition coefficient (Wildman–Crippen LogP) is 4.89. The Labute approximate surface area is 178 Å². The molecule has 158 valence electrons. The smallest absolute Gasteiger partial charge is 0.330 e. The molecular weight excluding hydrogens is 376 g/mol. The van der Waals surface area contributed by atoms with Crippen molar-refractivity contribution in [2.24, 2.45) is 0 Å². The van der Waals surface area contributed by atoms with Crippen LogP contribution in [0.1, 0.15) is 43.5 Å². The van der Waals surface area contributed by atoms with Crippen molar-refractivity contribution >= 4 is 5.97 Å². The van der Waals surface area contributed by atoms with E-state index in [2.05, 4.69) is 18.0 Å². The van der Waals surface area contributed by atoms with E-state index in [-0.39, 0.29) is 0 Å². The van der Waals surface area contributed by atoms with Gasteiger partial charge in [0.15, 0.2) is 0 Å². The third-order valence-corrected chi connectivity index (χ3v) is 5.50. The summed E-state index contributed by atoms with van der Waals surface area (Å²) in [6, 6.07) is 15.6. The van der Waals surface area contributed by atoms with E-state index in [4.69, 9.17) is 4.74 Å². The van der Waals surface area contributed by atoms with E-state index in [9.17, 15) is 9.90 Å². The summed E-state index contributed by atoms with van der Waals surface area (Å²) < 4.78 is 7.68. The minimum absolute atomic E-state index is 0.429. The molecule has 2 heterocycles. The second-order valence-electron chi connectivity index (χ2n) is 7.61. The SMILES string of the molecule is CCC[C@@](Cc1ccc(OCCc2ccc(CC)cn2)cc1)(C(=O)O)n1cccc1. The number of carboxylic acids is 1. The van der Waals surface area contributed by atoms with Crippen LogP contribution in [-0.2, 0) is 29.6 Å². The standard InChI is InChI=1S/C25H30N2O3/c1-3-14-25(24(28)29,27-15-5-6-16-27)18-21-8-11-23(12-9-21)30-17-13-22-10-7-20(4-2)19-26-22/h5-12,15-16,19H,3-4,13-14,17-18H2,1-2H3,(H,28,29)/t25-/m1/s1. The van der Waals surface area contributed by atoms with Crippen LogP contribution in [0, 0.1) is 0 Å². The lowest BCUT2D eigenvalue weighted by Gasteiger charge is -2.31. The first-order chi connectivity index (χ1) is 14.6. The quantitative estimate of drug-likeness (QED) is 0.492. The molecule has 1 aromatic carbocycles. The van der Waals surface area contributed by atoms with E-state index in [1.807, 2.05) is 72.5 Å². The Kier molecular flexibility index (Phi) is 7.28. The van der Waals surface area contributed by atoms with Gasteiger partial charge in [0, 0.05) is 37.1 Å². The van der Waals surface area contributed by atoms with Gasteiger partial charge in [-0.3, -0.25) is 4.98 Å². The highest BCUT2D eigenvalue weighted by Crippen LogP contribution is 2.29. The fourth-order valence-electron chi connectivity index (χ4n) is 3.76. The van der Waals surface area contributed by atoms with Crippen LogP contribution in [0.2, 0.25) is 0 Å². The molecule has 0 radical (unpaired) electrons. The summed E-state index contributed by atoms with van der Waals surface area (Å²) >= 11 is 0. The summed E-state index contributed by atoms with van der Waals surface area (Å²) in [6.07, 6.45) is 9.11. The van der Waals surface area contributed by atoms with Crippen molar-refractivity contribution in [2.45, 2.75) is 51.5 Å². The highest BCUT2D eigenvalue weighted by Gasteiger charge is 2.39. The molecule has 0 aliphatic heterocycles. The first-order valence-corrected chi connectivity index (χ1v) is 10.6.